The highest BCUT2D eigenvalue weighted by Gasteiger charge is 2.45. The van der Waals surface area contributed by atoms with Crippen LogP contribution in [0.2, 0.25) is 5.02 Å². The lowest BCUT2D eigenvalue weighted by molar-refractivity contribution is -0.117. The lowest BCUT2D eigenvalue weighted by Crippen LogP contribution is -2.31. The molecule has 1 atom stereocenters. The number of nitrogens with zero attached hydrogens (tertiary/aromatic N) is 2. The molecule has 1 amide bonds. The van der Waals surface area contributed by atoms with Crippen molar-refractivity contribution in [1.82, 2.24) is 4.98 Å². The highest BCUT2D eigenvalue weighted by atomic mass is 79.9. The number of halogens is 2. The number of fused-ring (bicyclic) bond motifs is 1. The number of carbonyl (C=O) groups excluding carboxylic acids is 2. The summed E-state index contributed by atoms with van der Waals surface area (Å²) in [5.74, 6) is -1.87. The Morgan fingerprint density at radius 3 is 2.62 bits per heavy atom. The zero-order valence-electron chi connectivity index (χ0n) is 16.3. The third kappa shape index (κ3) is 3.39. The van der Waals surface area contributed by atoms with Gasteiger partial charge in [0.15, 0.2) is 11.5 Å². The molecule has 0 aliphatic carbocycles. The Morgan fingerprint density at radius 1 is 1.09 bits per heavy atom. The quantitative estimate of drug-likeness (QED) is 0.340. The maximum Gasteiger partial charge on any atom is 0.294 e. The number of Topliss-reactive ketones (excluding diaryl/α,β-unsaturated/α-hetero) is 1. The molecule has 0 radical (unpaired) electrons. The number of aliphatic hydroxyl groups excluding tert-OH is 1. The predicted octanol–water partition coefficient (Wildman–Crippen LogP) is 6.03. The summed E-state index contributed by atoms with van der Waals surface area (Å²) >= 11 is 9.54. The summed E-state index contributed by atoms with van der Waals surface area (Å²) in [6.45, 7) is 0. The van der Waals surface area contributed by atoms with Crippen LogP contribution in [0.15, 0.2) is 93.3 Å². The van der Waals surface area contributed by atoms with Crippen LogP contribution >= 0.6 is 27.5 Å². The molecule has 0 saturated carbocycles. The van der Waals surface area contributed by atoms with E-state index in [1.807, 2.05) is 6.07 Å². The van der Waals surface area contributed by atoms with Crippen molar-refractivity contribution in [2.45, 2.75) is 6.04 Å². The summed E-state index contributed by atoms with van der Waals surface area (Å²) < 4.78 is 6.58. The number of benzene rings is 2. The third-order valence-corrected chi connectivity index (χ3v) is 5.99. The molecule has 0 spiro atoms. The first-order valence-electron chi connectivity index (χ1n) is 9.60. The summed E-state index contributed by atoms with van der Waals surface area (Å²) in [4.78, 5) is 32.0. The number of hydrogen-bond donors (Lipinski definition) is 1. The topological polar surface area (TPSA) is 83.6 Å². The summed E-state index contributed by atoms with van der Waals surface area (Å²) in [7, 11) is 0. The van der Waals surface area contributed by atoms with Gasteiger partial charge in [-0.2, -0.15) is 0 Å². The van der Waals surface area contributed by atoms with Crippen molar-refractivity contribution in [3.63, 3.8) is 0 Å². The van der Waals surface area contributed by atoms with Gasteiger partial charge >= 0.3 is 0 Å². The number of anilines is 1. The van der Waals surface area contributed by atoms with Gasteiger partial charge in [-0.15, -0.1) is 0 Å². The number of aromatic nitrogens is 1. The molecule has 6 nitrogen and oxygen atoms in total. The molecule has 0 saturated heterocycles. The van der Waals surface area contributed by atoms with Crippen LogP contribution in [0.4, 0.5) is 5.69 Å². The van der Waals surface area contributed by atoms with E-state index in [0.29, 0.717) is 21.9 Å². The minimum atomic E-state index is -0.878. The fourth-order valence-corrected chi connectivity index (χ4v) is 4.41. The first-order valence-corrected chi connectivity index (χ1v) is 10.8. The SMILES string of the molecule is O=C(C1=C(O)C(=O)N(c2cccc(Cl)c2)C1c1ccncc1)c1cc2cc(Br)ccc2o1. The standard InChI is InChI=1S/C24H14BrClN2O4/c25-15-4-5-18-14(10-15)11-19(32-18)22(29)20-21(13-6-8-27-9-7-13)28(24(31)23(20)30)17-3-1-2-16(26)12-17/h1-12,21,30H. The van der Waals surface area contributed by atoms with Crippen molar-refractivity contribution in [1.29, 1.82) is 0 Å². The molecule has 1 aliphatic heterocycles. The number of hydrogen-bond acceptors (Lipinski definition) is 5. The Morgan fingerprint density at radius 2 is 1.88 bits per heavy atom. The monoisotopic (exact) mass is 508 g/mol. The number of ketones is 1. The summed E-state index contributed by atoms with van der Waals surface area (Å²) in [5.41, 5.74) is 1.51. The zero-order valence-corrected chi connectivity index (χ0v) is 18.7. The average molecular weight is 510 g/mol. The summed E-state index contributed by atoms with van der Waals surface area (Å²) in [6, 6.07) is 16.1. The Kier molecular flexibility index (Phi) is 5.07. The van der Waals surface area contributed by atoms with Gasteiger partial charge in [0.1, 0.15) is 5.58 Å². The van der Waals surface area contributed by atoms with E-state index >= 15 is 0 Å². The number of carbonyl (C=O) groups is 2. The summed E-state index contributed by atoms with van der Waals surface area (Å²) in [5, 5.41) is 12.0. The van der Waals surface area contributed by atoms with Gasteiger partial charge in [0.2, 0.25) is 5.78 Å². The van der Waals surface area contributed by atoms with E-state index in [4.69, 9.17) is 16.0 Å². The molecule has 2 aromatic carbocycles. The normalized spacial score (nSPS) is 16.2. The lowest BCUT2D eigenvalue weighted by atomic mass is 9.95. The van der Waals surface area contributed by atoms with E-state index < -0.39 is 23.5 Å². The zero-order chi connectivity index (χ0) is 22.4. The van der Waals surface area contributed by atoms with Gasteiger partial charge < -0.3 is 9.52 Å². The molecule has 1 N–H and O–H groups in total. The molecule has 0 bridgehead atoms. The second-order valence-electron chi connectivity index (χ2n) is 7.22. The second kappa shape index (κ2) is 7.93. The van der Waals surface area contributed by atoms with Gasteiger partial charge in [0.05, 0.1) is 11.6 Å². The van der Waals surface area contributed by atoms with Crippen LogP contribution < -0.4 is 4.90 Å². The minimum absolute atomic E-state index is 0.0273. The van der Waals surface area contributed by atoms with E-state index in [0.717, 1.165) is 9.86 Å². The van der Waals surface area contributed by atoms with E-state index in [1.165, 1.54) is 4.90 Å². The van der Waals surface area contributed by atoms with Crippen LogP contribution in [0.1, 0.15) is 22.2 Å². The Labute approximate surface area is 195 Å². The van der Waals surface area contributed by atoms with Gasteiger partial charge in [0.25, 0.3) is 5.91 Å². The molecule has 5 rings (SSSR count). The number of furan rings is 1. The van der Waals surface area contributed by atoms with Gasteiger partial charge in [-0.05, 0) is 60.2 Å². The molecule has 158 valence electrons. The van der Waals surface area contributed by atoms with E-state index in [9.17, 15) is 14.7 Å². The van der Waals surface area contributed by atoms with Gasteiger partial charge in [-0.25, -0.2) is 0 Å². The van der Waals surface area contributed by atoms with E-state index in [-0.39, 0.29) is 11.3 Å². The van der Waals surface area contributed by atoms with Crippen LogP contribution in [0.3, 0.4) is 0 Å². The molecular weight excluding hydrogens is 496 g/mol. The maximum atomic E-state index is 13.5. The highest BCUT2D eigenvalue weighted by molar-refractivity contribution is 9.10. The third-order valence-electron chi connectivity index (χ3n) is 5.26. The molecule has 32 heavy (non-hydrogen) atoms. The van der Waals surface area contributed by atoms with E-state index in [1.54, 1.807) is 67.0 Å². The molecule has 4 aromatic rings. The Bertz CT molecular complexity index is 1410. The Balaban J connectivity index is 1.66. The van der Waals surface area contributed by atoms with Crippen molar-refractivity contribution < 1.29 is 19.1 Å². The molecule has 1 aliphatic rings. The highest BCUT2D eigenvalue weighted by Crippen LogP contribution is 2.42. The first-order chi connectivity index (χ1) is 15.4. The van der Waals surface area contributed by atoms with Crippen molar-refractivity contribution in [2.75, 3.05) is 4.90 Å². The maximum absolute atomic E-state index is 13.5. The fraction of sp³-hybridized carbons (Fsp3) is 0.0417. The van der Waals surface area contributed by atoms with Crippen molar-refractivity contribution in [3.05, 3.63) is 105 Å². The lowest BCUT2D eigenvalue weighted by Gasteiger charge is -2.26. The first kappa shape index (κ1) is 20.5. The van der Waals surface area contributed by atoms with Crippen LogP contribution in [0.5, 0.6) is 0 Å². The second-order valence-corrected chi connectivity index (χ2v) is 8.57. The van der Waals surface area contributed by atoms with Crippen molar-refractivity contribution >= 4 is 55.9 Å². The van der Waals surface area contributed by atoms with Crippen molar-refractivity contribution in [3.8, 4) is 0 Å². The van der Waals surface area contributed by atoms with Gasteiger partial charge in [0, 0.05) is 33.0 Å². The molecule has 2 aromatic heterocycles. The largest absolute Gasteiger partial charge is 0.503 e. The van der Waals surface area contributed by atoms with Crippen LogP contribution in [-0.2, 0) is 4.79 Å². The number of aliphatic hydroxyl groups is 1. The number of amides is 1. The molecule has 8 heteroatoms. The van der Waals surface area contributed by atoms with E-state index in [2.05, 4.69) is 20.9 Å². The van der Waals surface area contributed by atoms with Crippen molar-refractivity contribution in [2.24, 2.45) is 0 Å². The van der Waals surface area contributed by atoms with Gasteiger partial charge in [-0.1, -0.05) is 33.6 Å². The number of pyridine rings is 1. The van der Waals surface area contributed by atoms with Crippen LogP contribution in [-0.4, -0.2) is 21.8 Å². The van der Waals surface area contributed by atoms with Crippen LogP contribution in [0.25, 0.3) is 11.0 Å². The molecule has 3 heterocycles. The fourth-order valence-electron chi connectivity index (χ4n) is 3.85. The smallest absolute Gasteiger partial charge is 0.294 e. The molecular formula is C24H14BrClN2O4. The minimum Gasteiger partial charge on any atom is -0.503 e. The molecule has 1 unspecified atom stereocenters. The van der Waals surface area contributed by atoms with Gasteiger partial charge in [-0.3, -0.25) is 19.5 Å². The number of rotatable bonds is 4. The average Bonchev–Trinajstić information content (AvgIpc) is 3.32. The predicted molar refractivity (Wildman–Crippen MR) is 124 cm³/mol. The van der Waals surface area contributed by atoms with Crippen LogP contribution in [0, 0.1) is 0 Å². The summed E-state index contributed by atoms with van der Waals surface area (Å²) in [6.07, 6.45) is 3.12. The molecule has 0 fully saturated rings. The Hall–Kier alpha value is -3.42.